The zero-order chi connectivity index (χ0) is 16.5. The molecule has 22 heavy (non-hydrogen) atoms. The van der Waals surface area contributed by atoms with Crippen LogP contribution in [0.15, 0.2) is 15.8 Å². The van der Waals surface area contributed by atoms with Crippen molar-refractivity contribution >= 4 is 20.6 Å². The van der Waals surface area contributed by atoms with E-state index >= 15 is 0 Å². The zero-order valence-corrected chi connectivity index (χ0v) is 12.7. The van der Waals surface area contributed by atoms with E-state index in [4.69, 9.17) is 9.63 Å². The Balaban J connectivity index is 2.11. The van der Waals surface area contributed by atoms with E-state index in [0.29, 0.717) is 6.20 Å². The largest absolute Gasteiger partial charge is 0.412 e. The third-order valence-electron chi connectivity index (χ3n) is 2.98. The highest BCUT2D eigenvalue weighted by Crippen LogP contribution is 2.39. The van der Waals surface area contributed by atoms with E-state index in [1.807, 2.05) is 0 Å². The van der Waals surface area contributed by atoms with Crippen molar-refractivity contribution in [1.82, 2.24) is 14.0 Å². The van der Waals surface area contributed by atoms with Crippen LogP contribution in [-0.4, -0.2) is 38.4 Å². The summed E-state index contributed by atoms with van der Waals surface area (Å²) in [5.74, 6) is -1.18. The number of rotatable bonds is 5. The summed E-state index contributed by atoms with van der Waals surface area (Å²) in [5.41, 5.74) is -2.07. The molecule has 2 heterocycles. The number of thiol groups is 1. The second-order valence-corrected chi connectivity index (χ2v) is 6.59. The highest BCUT2D eigenvalue weighted by Gasteiger charge is 2.37. The van der Waals surface area contributed by atoms with Gasteiger partial charge >= 0.3 is 13.4 Å². The summed E-state index contributed by atoms with van der Waals surface area (Å²) in [6.45, 7) is -0.459. The topological polar surface area (TPSA) is 143 Å². The van der Waals surface area contributed by atoms with Crippen LogP contribution in [0.25, 0.3) is 0 Å². The molecule has 0 bridgehead atoms. The monoisotopic (exact) mass is 357 g/mol. The van der Waals surface area contributed by atoms with Gasteiger partial charge in [0.2, 0.25) is 5.82 Å². The first-order valence-corrected chi connectivity index (χ1v) is 7.99. The molecule has 1 fully saturated rings. The van der Waals surface area contributed by atoms with E-state index in [9.17, 15) is 23.7 Å². The number of ether oxygens (including phenoxy) is 1. The molecule has 0 radical (unpaired) electrons. The average molecular weight is 357 g/mol. The van der Waals surface area contributed by atoms with Crippen LogP contribution >= 0.6 is 20.6 Å². The minimum absolute atomic E-state index is 0.0938. The first kappa shape index (κ1) is 17.3. The Bertz CT molecular complexity index is 709. The fourth-order valence-electron chi connectivity index (χ4n) is 1.91. The summed E-state index contributed by atoms with van der Waals surface area (Å²) in [4.78, 5) is 33.4. The van der Waals surface area contributed by atoms with Crippen LogP contribution in [0.2, 0.25) is 0 Å². The van der Waals surface area contributed by atoms with E-state index in [0.717, 1.165) is 4.57 Å². The van der Waals surface area contributed by atoms with Crippen LogP contribution in [0.3, 0.4) is 0 Å². The Morgan fingerprint density at radius 2 is 2.32 bits per heavy atom. The number of nitrogens with zero attached hydrogens (tertiary/aromatic N) is 1. The lowest BCUT2D eigenvalue weighted by atomic mass is 10.2. The maximum absolute atomic E-state index is 13.2. The summed E-state index contributed by atoms with van der Waals surface area (Å²) in [6, 6.07) is 0. The van der Waals surface area contributed by atoms with E-state index < -0.39 is 49.9 Å². The highest BCUT2D eigenvalue weighted by molar-refractivity contribution is 7.85. The SMILES string of the molecule is O=c1[nH]c(=O)n(C2CC(O)C(COP(=O)(O)NS)O2)cc1F. The molecule has 0 aliphatic carbocycles. The second kappa shape index (κ2) is 6.62. The standard InChI is InChI=1S/C9H13FN3O7PS/c10-4-2-13(9(16)11-8(4)15)7-1-5(14)6(20-7)3-19-21(17,18)12-22/h2,5-7,14,22H,1,3H2,(H,11,15,16)(H2,12,17,18). The van der Waals surface area contributed by atoms with E-state index in [1.165, 1.54) is 0 Å². The van der Waals surface area contributed by atoms with Gasteiger partial charge in [-0.05, 0) is 0 Å². The van der Waals surface area contributed by atoms with Crippen molar-refractivity contribution in [1.29, 1.82) is 0 Å². The van der Waals surface area contributed by atoms with Gasteiger partial charge in [-0.25, -0.2) is 9.36 Å². The third-order valence-corrected chi connectivity index (χ3v) is 4.49. The van der Waals surface area contributed by atoms with E-state index in [1.54, 1.807) is 9.48 Å². The summed E-state index contributed by atoms with van der Waals surface area (Å²) in [6.07, 6.45) is -2.62. The number of hydrogen-bond donors (Lipinski definition) is 5. The normalized spacial score (nSPS) is 27.7. The number of halogens is 1. The lowest BCUT2D eigenvalue weighted by molar-refractivity contribution is -0.0428. The Hall–Kier alpha value is -1.01. The Morgan fingerprint density at radius 3 is 2.95 bits per heavy atom. The van der Waals surface area contributed by atoms with Gasteiger partial charge in [-0.1, -0.05) is 12.8 Å². The molecule has 4 atom stereocenters. The number of aliphatic hydroxyl groups is 1. The number of aromatic nitrogens is 2. The van der Waals surface area contributed by atoms with Crippen LogP contribution in [0.5, 0.6) is 0 Å². The van der Waals surface area contributed by atoms with Crippen molar-refractivity contribution < 1.29 is 28.2 Å². The minimum Gasteiger partial charge on any atom is -0.390 e. The van der Waals surface area contributed by atoms with Crippen LogP contribution in [-0.2, 0) is 13.8 Å². The smallest absolute Gasteiger partial charge is 0.390 e. The van der Waals surface area contributed by atoms with Crippen LogP contribution in [0.1, 0.15) is 12.6 Å². The Labute approximate surface area is 128 Å². The van der Waals surface area contributed by atoms with Gasteiger partial charge in [0.25, 0.3) is 5.56 Å². The molecular weight excluding hydrogens is 344 g/mol. The molecule has 4 unspecified atom stereocenters. The van der Waals surface area contributed by atoms with Gasteiger partial charge in [0, 0.05) is 6.42 Å². The predicted octanol–water partition coefficient (Wildman–Crippen LogP) is -1.12. The molecule has 1 aromatic rings. The van der Waals surface area contributed by atoms with Gasteiger partial charge in [-0.2, -0.15) is 8.88 Å². The Kier molecular flexibility index (Phi) is 5.22. The molecule has 0 amide bonds. The van der Waals surface area contributed by atoms with Gasteiger partial charge in [-0.3, -0.25) is 18.9 Å². The number of aliphatic hydroxyl groups excluding tert-OH is 1. The van der Waals surface area contributed by atoms with E-state index in [-0.39, 0.29) is 6.42 Å². The quantitative estimate of drug-likeness (QED) is 0.329. The summed E-state index contributed by atoms with van der Waals surface area (Å²) < 4.78 is 36.8. The molecule has 1 aliphatic heterocycles. The van der Waals surface area contributed by atoms with Crippen molar-refractivity contribution in [3.63, 3.8) is 0 Å². The predicted molar refractivity (Wildman–Crippen MR) is 73.7 cm³/mol. The van der Waals surface area contributed by atoms with Gasteiger partial charge in [0.15, 0.2) is 0 Å². The van der Waals surface area contributed by atoms with Crippen molar-refractivity contribution in [3.05, 3.63) is 32.9 Å². The van der Waals surface area contributed by atoms with E-state index in [2.05, 4.69) is 17.3 Å². The van der Waals surface area contributed by atoms with Crippen LogP contribution in [0, 0.1) is 5.82 Å². The number of nitrogens with one attached hydrogen (secondary N) is 2. The van der Waals surface area contributed by atoms with Crippen LogP contribution in [0.4, 0.5) is 4.39 Å². The molecular formula is C9H13FN3O7PS. The minimum atomic E-state index is -4.12. The molecule has 1 saturated heterocycles. The summed E-state index contributed by atoms with van der Waals surface area (Å²) in [5, 5.41) is 9.81. The fourth-order valence-corrected chi connectivity index (χ4v) is 2.49. The fraction of sp³-hybridized carbons (Fsp3) is 0.556. The number of H-pyrrole nitrogens is 1. The van der Waals surface area contributed by atoms with Crippen molar-refractivity contribution in [2.75, 3.05) is 6.61 Å². The average Bonchev–Trinajstić information content (AvgIpc) is 2.82. The first-order chi connectivity index (χ1) is 10.2. The third kappa shape index (κ3) is 3.84. The maximum Gasteiger partial charge on any atom is 0.412 e. The first-order valence-electron chi connectivity index (χ1n) is 5.96. The van der Waals surface area contributed by atoms with Gasteiger partial charge in [0.1, 0.15) is 12.3 Å². The highest BCUT2D eigenvalue weighted by atomic mass is 32.1. The molecule has 0 spiro atoms. The van der Waals surface area contributed by atoms with Crippen molar-refractivity contribution in [3.8, 4) is 0 Å². The van der Waals surface area contributed by atoms with Crippen LogP contribution < -0.4 is 15.7 Å². The van der Waals surface area contributed by atoms with Crippen molar-refractivity contribution in [2.24, 2.45) is 0 Å². The molecule has 0 aromatic carbocycles. The van der Waals surface area contributed by atoms with Gasteiger partial charge in [0.05, 0.1) is 18.9 Å². The second-order valence-electron chi connectivity index (χ2n) is 4.49. The lowest BCUT2D eigenvalue weighted by Gasteiger charge is -2.17. The Morgan fingerprint density at radius 1 is 1.64 bits per heavy atom. The molecule has 2 rings (SSSR count). The molecule has 1 aliphatic rings. The van der Waals surface area contributed by atoms with Gasteiger partial charge in [-0.15, -0.1) is 0 Å². The van der Waals surface area contributed by atoms with Gasteiger partial charge < -0.3 is 14.7 Å². The molecule has 0 saturated carbocycles. The summed E-state index contributed by atoms with van der Waals surface area (Å²) >= 11 is 3.40. The lowest BCUT2D eigenvalue weighted by Crippen LogP contribution is -2.34. The molecule has 1 aromatic heterocycles. The number of aromatic amines is 1. The maximum atomic E-state index is 13.2. The van der Waals surface area contributed by atoms with Crippen molar-refractivity contribution in [2.45, 2.75) is 24.9 Å². The zero-order valence-electron chi connectivity index (χ0n) is 10.9. The molecule has 10 nitrogen and oxygen atoms in total. The molecule has 13 heteroatoms. The number of hydrogen-bond acceptors (Lipinski definition) is 7. The molecule has 124 valence electrons. The molecule has 4 N–H and O–H groups in total. The summed E-state index contributed by atoms with van der Waals surface area (Å²) in [7, 11) is -4.12.